The Labute approximate surface area is 123 Å². The van der Waals surface area contributed by atoms with E-state index in [1.54, 1.807) is 6.20 Å². The number of benzene rings is 2. The first-order chi connectivity index (χ1) is 9.65. The van der Waals surface area contributed by atoms with Crippen LogP contribution < -0.4 is 5.73 Å². The minimum Gasteiger partial charge on any atom is -0.320 e. The molecule has 3 aromatic rings. The van der Waals surface area contributed by atoms with E-state index in [1.165, 1.54) is 0 Å². The summed E-state index contributed by atoms with van der Waals surface area (Å²) < 4.78 is 0. The SMILES string of the molecule is Cc1ccc(C(N)c2ccc3ncccc3c2)cc1Cl. The van der Waals surface area contributed by atoms with E-state index < -0.39 is 0 Å². The molecule has 2 aromatic carbocycles. The molecule has 100 valence electrons. The standard InChI is InChI=1S/C17H15ClN2/c1-11-4-5-14(10-15(11)18)17(19)13-6-7-16-12(9-13)3-2-8-20-16/h2-10,17H,19H2,1H3. The second-order valence-corrected chi connectivity index (χ2v) is 5.35. The largest absolute Gasteiger partial charge is 0.320 e. The lowest BCUT2D eigenvalue weighted by Gasteiger charge is -2.14. The summed E-state index contributed by atoms with van der Waals surface area (Å²) in [5.74, 6) is 0. The molecule has 0 spiro atoms. The molecule has 1 heterocycles. The van der Waals surface area contributed by atoms with Crippen molar-refractivity contribution in [2.75, 3.05) is 0 Å². The fourth-order valence-electron chi connectivity index (χ4n) is 2.28. The number of nitrogens with zero attached hydrogens (tertiary/aromatic N) is 1. The Hall–Kier alpha value is -1.90. The van der Waals surface area contributed by atoms with Crippen molar-refractivity contribution in [3.8, 4) is 0 Å². The van der Waals surface area contributed by atoms with Gasteiger partial charge < -0.3 is 5.73 Å². The third kappa shape index (κ3) is 2.40. The van der Waals surface area contributed by atoms with Crippen molar-refractivity contribution in [2.24, 2.45) is 5.73 Å². The Bertz CT molecular complexity index is 768. The number of aryl methyl sites for hydroxylation is 1. The van der Waals surface area contributed by atoms with Gasteiger partial charge in [0, 0.05) is 16.6 Å². The molecule has 1 aromatic heterocycles. The van der Waals surface area contributed by atoms with E-state index in [0.29, 0.717) is 0 Å². The Morgan fingerprint density at radius 1 is 1.05 bits per heavy atom. The number of fused-ring (bicyclic) bond motifs is 1. The Kier molecular flexibility index (Phi) is 3.43. The molecule has 1 atom stereocenters. The number of hydrogen-bond donors (Lipinski definition) is 1. The lowest BCUT2D eigenvalue weighted by atomic mass is 9.97. The van der Waals surface area contributed by atoms with Crippen molar-refractivity contribution in [1.29, 1.82) is 0 Å². The first-order valence-corrected chi connectivity index (χ1v) is 6.89. The van der Waals surface area contributed by atoms with E-state index in [-0.39, 0.29) is 6.04 Å². The first-order valence-electron chi connectivity index (χ1n) is 6.51. The van der Waals surface area contributed by atoms with Gasteiger partial charge in [-0.05, 0) is 47.9 Å². The average molecular weight is 283 g/mol. The molecule has 2 N–H and O–H groups in total. The lowest BCUT2D eigenvalue weighted by molar-refractivity contribution is 0.872. The maximum atomic E-state index is 6.35. The van der Waals surface area contributed by atoms with Gasteiger partial charge in [0.05, 0.1) is 11.6 Å². The summed E-state index contributed by atoms with van der Waals surface area (Å²) in [5, 5.41) is 1.85. The van der Waals surface area contributed by atoms with Crippen LogP contribution in [-0.4, -0.2) is 4.98 Å². The van der Waals surface area contributed by atoms with Gasteiger partial charge in [0.1, 0.15) is 0 Å². The van der Waals surface area contributed by atoms with E-state index in [2.05, 4.69) is 11.1 Å². The van der Waals surface area contributed by atoms with Crippen molar-refractivity contribution >= 4 is 22.5 Å². The van der Waals surface area contributed by atoms with Gasteiger partial charge in [-0.2, -0.15) is 0 Å². The summed E-state index contributed by atoms with van der Waals surface area (Å²) in [6, 6.07) is 15.9. The van der Waals surface area contributed by atoms with Crippen LogP contribution in [0.5, 0.6) is 0 Å². The second-order valence-electron chi connectivity index (χ2n) is 4.94. The Morgan fingerprint density at radius 3 is 2.60 bits per heavy atom. The highest BCUT2D eigenvalue weighted by Gasteiger charge is 2.10. The van der Waals surface area contributed by atoms with E-state index in [9.17, 15) is 0 Å². The maximum Gasteiger partial charge on any atom is 0.0702 e. The molecule has 0 aliphatic rings. The van der Waals surface area contributed by atoms with Crippen molar-refractivity contribution in [1.82, 2.24) is 4.98 Å². The molecule has 0 amide bonds. The molecule has 20 heavy (non-hydrogen) atoms. The van der Waals surface area contributed by atoms with E-state index in [0.717, 1.165) is 32.6 Å². The van der Waals surface area contributed by atoms with Crippen molar-refractivity contribution in [3.05, 3.63) is 76.4 Å². The zero-order chi connectivity index (χ0) is 14.1. The van der Waals surface area contributed by atoms with Gasteiger partial charge in [0.2, 0.25) is 0 Å². The molecule has 0 radical (unpaired) electrons. The van der Waals surface area contributed by atoms with Crippen molar-refractivity contribution in [2.45, 2.75) is 13.0 Å². The minimum absolute atomic E-state index is 0.183. The fraction of sp³-hybridized carbons (Fsp3) is 0.118. The number of rotatable bonds is 2. The smallest absolute Gasteiger partial charge is 0.0702 e. The predicted octanol–water partition coefficient (Wildman–Crippen LogP) is 4.24. The summed E-state index contributed by atoms with van der Waals surface area (Å²) in [5.41, 5.74) is 10.5. The summed E-state index contributed by atoms with van der Waals surface area (Å²) in [6.07, 6.45) is 1.79. The monoisotopic (exact) mass is 282 g/mol. The van der Waals surface area contributed by atoms with Crippen LogP contribution in [0.15, 0.2) is 54.7 Å². The number of hydrogen-bond acceptors (Lipinski definition) is 2. The molecule has 0 bridgehead atoms. The molecule has 2 nitrogen and oxygen atoms in total. The summed E-state index contributed by atoms with van der Waals surface area (Å²) in [6.45, 7) is 1.99. The summed E-state index contributed by atoms with van der Waals surface area (Å²) >= 11 is 6.17. The highest BCUT2D eigenvalue weighted by atomic mass is 35.5. The van der Waals surface area contributed by atoms with E-state index in [4.69, 9.17) is 17.3 Å². The third-order valence-electron chi connectivity index (χ3n) is 3.54. The number of aromatic nitrogens is 1. The van der Waals surface area contributed by atoms with Gasteiger partial charge in [0.25, 0.3) is 0 Å². The summed E-state index contributed by atoms with van der Waals surface area (Å²) in [4.78, 5) is 4.32. The molecule has 0 aliphatic carbocycles. The van der Waals surface area contributed by atoms with Gasteiger partial charge in [0.15, 0.2) is 0 Å². The van der Waals surface area contributed by atoms with E-state index >= 15 is 0 Å². The molecule has 3 rings (SSSR count). The van der Waals surface area contributed by atoms with Gasteiger partial charge >= 0.3 is 0 Å². The zero-order valence-electron chi connectivity index (χ0n) is 11.2. The normalized spacial score (nSPS) is 12.6. The zero-order valence-corrected chi connectivity index (χ0v) is 11.9. The highest BCUT2D eigenvalue weighted by Crippen LogP contribution is 2.26. The minimum atomic E-state index is -0.183. The van der Waals surface area contributed by atoms with Crippen molar-refractivity contribution in [3.63, 3.8) is 0 Å². The highest BCUT2D eigenvalue weighted by molar-refractivity contribution is 6.31. The van der Waals surface area contributed by atoms with Crippen molar-refractivity contribution < 1.29 is 0 Å². The topological polar surface area (TPSA) is 38.9 Å². The molecule has 0 saturated heterocycles. The third-order valence-corrected chi connectivity index (χ3v) is 3.95. The van der Waals surface area contributed by atoms with Gasteiger partial charge in [-0.1, -0.05) is 35.9 Å². The van der Waals surface area contributed by atoms with Gasteiger partial charge in [-0.3, -0.25) is 4.98 Å². The molecule has 0 aliphatic heterocycles. The molecule has 0 saturated carbocycles. The van der Waals surface area contributed by atoms with Crippen LogP contribution >= 0.6 is 11.6 Å². The predicted molar refractivity (Wildman–Crippen MR) is 84.0 cm³/mol. The lowest BCUT2D eigenvalue weighted by Crippen LogP contribution is -2.11. The molecular weight excluding hydrogens is 268 g/mol. The van der Waals surface area contributed by atoms with Crippen LogP contribution in [0.25, 0.3) is 10.9 Å². The summed E-state index contributed by atoms with van der Waals surface area (Å²) in [7, 11) is 0. The Morgan fingerprint density at radius 2 is 1.80 bits per heavy atom. The van der Waals surface area contributed by atoms with Gasteiger partial charge in [-0.25, -0.2) is 0 Å². The van der Waals surface area contributed by atoms with E-state index in [1.807, 2.05) is 49.4 Å². The average Bonchev–Trinajstić information content (AvgIpc) is 2.49. The molecule has 3 heteroatoms. The van der Waals surface area contributed by atoms with Crippen LogP contribution in [0.2, 0.25) is 5.02 Å². The van der Waals surface area contributed by atoms with Crippen LogP contribution in [0.4, 0.5) is 0 Å². The van der Waals surface area contributed by atoms with Gasteiger partial charge in [-0.15, -0.1) is 0 Å². The van der Waals surface area contributed by atoms with Crippen LogP contribution in [-0.2, 0) is 0 Å². The number of pyridine rings is 1. The quantitative estimate of drug-likeness (QED) is 0.763. The van der Waals surface area contributed by atoms with Crippen LogP contribution in [0.1, 0.15) is 22.7 Å². The molecular formula is C17H15ClN2. The second kappa shape index (κ2) is 5.23. The van der Waals surface area contributed by atoms with Crippen LogP contribution in [0.3, 0.4) is 0 Å². The molecule has 1 unspecified atom stereocenters. The van der Waals surface area contributed by atoms with Crippen LogP contribution in [0, 0.1) is 6.92 Å². The maximum absolute atomic E-state index is 6.35. The molecule has 0 fully saturated rings. The Balaban J connectivity index is 2.02. The number of nitrogens with two attached hydrogens (primary N) is 1. The number of halogens is 1. The first kappa shape index (κ1) is 13.1. The fourth-order valence-corrected chi connectivity index (χ4v) is 2.47.